The van der Waals surface area contributed by atoms with E-state index in [4.69, 9.17) is 28.2 Å². The fraction of sp³-hybridized carbons (Fsp3) is 0.250. The summed E-state index contributed by atoms with van der Waals surface area (Å²) in [5.41, 5.74) is 0.809. The van der Waals surface area contributed by atoms with E-state index in [1.54, 1.807) is 48.8 Å². The number of halogens is 3. The smallest absolute Gasteiger partial charge is 0.257 e. The van der Waals surface area contributed by atoms with Gasteiger partial charge in [0.15, 0.2) is 0 Å². The maximum absolute atomic E-state index is 13.8. The molecule has 3 N–H and O–H groups in total. The summed E-state index contributed by atoms with van der Waals surface area (Å²) in [6, 6.07) is 12.6. The molecule has 34 heavy (non-hydrogen) atoms. The van der Waals surface area contributed by atoms with Gasteiger partial charge in [-0.05, 0) is 74.2 Å². The van der Waals surface area contributed by atoms with E-state index in [2.05, 4.69) is 25.9 Å². The molecule has 1 amide bonds. The molecule has 10 heteroatoms. The van der Waals surface area contributed by atoms with Crippen LogP contribution >= 0.6 is 23.2 Å². The lowest BCUT2D eigenvalue weighted by atomic mass is 9.91. The molecule has 0 unspecified atom stereocenters. The van der Waals surface area contributed by atoms with E-state index in [1.807, 2.05) is 0 Å². The number of carbonyl (C=O) groups excluding carboxylic acids is 1. The van der Waals surface area contributed by atoms with Crippen molar-refractivity contribution < 1.29 is 9.18 Å². The molecule has 0 radical (unpaired) electrons. The van der Waals surface area contributed by atoms with Crippen LogP contribution in [-0.4, -0.2) is 33.9 Å². The second kappa shape index (κ2) is 11.3. The molecule has 0 saturated heterocycles. The highest BCUT2D eigenvalue weighted by molar-refractivity contribution is 6.31. The number of benzene rings is 2. The van der Waals surface area contributed by atoms with E-state index in [0.717, 1.165) is 25.7 Å². The fourth-order valence-corrected chi connectivity index (χ4v) is 4.08. The number of aromatic nitrogens is 2. The van der Waals surface area contributed by atoms with E-state index in [0.29, 0.717) is 22.2 Å². The van der Waals surface area contributed by atoms with E-state index >= 15 is 0 Å². The van der Waals surface area contributed by atoms with Gasteiger partial charge in [-0.2, -0.15) is 0 Å². The van der Waals surface area contributed by atoms with Crippen LogP contribution in [-0.2, 0) is 0 Å². The second-order valence-electron chi connectivity index (χ2n) is 7.94. The molecule has 4 rings (SSSR count). The average molecular weight is 501 g/mol. The summed E-state index contributed by atoms with van der Waals surface area (Å²) in [6.45, 7) is 0. The Morgan fingerprint density at radius 2 is 1.68 bits per heavy atom. The van der Waals surface area contributed by atoms with Crippen LogP contribution in [0.15, 0.2) is 65.9 Å². The molecule has 1 saturated carbocycles. The van der Waals surface area contributed by atoms with Gasteiger partial charge in [-0.1, -0.05) is 23.2 Å². The SMILES string of the molecule is O=C(NC(=NC1CCC(Nc2ncccn2)CC1)Nc1cc(F)cc(Cl)c1)c1ccc(Cl)cc1. The predicted molar refractivity (Wildman–Crippen MR) is 133 cm³/mol. The van der Waals surface area contributed by atoms with Gasteiger partial charge in [0, 0.05) is 39.7 Å². The Labute approximate surface area is 206 Å². The Kier molecular flexibility index (Phi) is 7.92. The van der Waals surface area contributed by atoms with Gasteiger partial charge in [-0.25, -0.2) is 19.4 Å². The van der Waals surface area contributed by atoms with Crippen molar-refractivity contribution in [2.24, 2.45) is 4.99 Å². The molecule has 0 aliphatic heterocycles. The van der Waals surface area contributed by atoms with E-state index in [9.17, 15) is 9.18 Å². The molecule has 1 aliphatic carbocycles. The lowest BCUT2D eigenvalue weighted by molar-refractivity contribution is 0.0977. The first-order chi connectivity index (χ1) is 16.4. The molecule has 3 aromatic rings. The van der Waals surface area contributed by atoms with Crippen LogP contribution in [0.4, 0.5) is 16.0 Å². The molecule has 1 heterocycles. The van der Waals surface area contributed by atoms with Crippen LogP contribution in [0.5, 0.6) is 0 Å². The van der Waals surface area contributed by atoms with Crippen molar-refractivity contribution in [3.05, 3.63) is 82.4 Å². The number of hydrogen-bond acceptors (Lipinski definition) is 5. The van der Waals surface area contributed by atoms with Crippen LogP contribution < -0.4 is 16.0 Å². The van der Waals surface area contributed by atoms with Crippen LogP contribution in [0.2, 0.25) is 10.0 Å². The van der Waals surface area contributed by atoms with Crippen molar-refractivity contribution in [3.8, 4) is 0 Å². The number of nitrogens with zero attached hydrogens (tertiary/aromatic N) is 3. The number of anilines is 2. The van der Waals surface area contributed by atoms with Gasteiger partial charge in [0.25, 0.3) is 5.91 Å². The minimum atomic E-state index is -0.493. The summed E-state index contributed by atoms with van der Waals surface area (Å²) in [7, 11) is 0. The normalized spacial score (nSPS) is 18.3. The standard InChI is InChI=1S/C24H23Cl2FN6O/c25-16-4-2-15(3-5-16)22(34)33-24(32-21-13-17(26)12-18(27)14-21)31-20-8-6-19(7-9-20)30-23-28-10-1-11-29-23/h1-5,10-14,19-20H,6-9H2,(H,28,29,30)(H2,31,32,33,34). The zero-order chi connectivity index (χ0) is 23.9. The summed E-state index contributed by atoms with van der Waals surface area (Å²) in [4.78, 5) is 25.9. The first-order valence-electron chi connectivity index (χ1n) is 10.9. The molecular weight excluding hydrogens is 478 g/mol. The Morgan fingerprint density at radius 3 is 2.35 bits per heavy atom. The molecule has 2 aromatic carbocycles. The zero-order valence-electron chi connectivity index (χ0n) is 18.1. The molecule has 176 valence electrons. The van der Waals surface area contributed by atoms with Crippen molar-refractivity contribution in [1.82, 2.24) is 15.3 Å². The highest BCUT2D eigenvalue weighted by Crippen LogP contribution is 2.24. The number of aliphatic imine (C=N–C) groups is 1. The largest absolute Gasteiger partial charge is 0.351 e. The Morgan fingerprint density at radius 1 is 0.971 bits per heavy atom. The quantitative estimate of drug-likeness (QED) is 0.315. The average Bonchev–Trinajstić information content (AvgIpc) is 2.81. The molecule has 1 aromatic heterocycles. The van der Waals surface area contributed by atoms with Gasteiger partial charge in [-0.3, -0.25) is 10.1 Å². The monoisotopic (exact) mass is 500 g/mol. The van der Waals surface area contributed by atoms with Gasteiger partial charge in [0.2, 0.25) is 11.9 Å². The van der Waals surface area contributed by atoms with Gasteiger partial charge in [0.05, 0.1) is 6.04 Å². The van der Waals surface area contributed by atoms with Gasteiger partial charge in [-0.15, -0.1) is 0 Å². The minimum Gasteiger partial charge on any atom is -0.351 e. The first kappa shape index (κ1) is 23.9. The number of hydrogen-bond donors (Lipinski definition) is 3. The van der Waals surface area contributed by atoms with E-state index in [-0.39, 0.29) is 29.0 Å². The second-order valence-corrected chi connectivity index (χ2v) is 8.82. The fourth-order valence-electron chi connectivity index (χ4n) is 3.73. The van der Waals surface area contributed by atoms with Crippen molar-refractivity contribution in [2.75, 3.05) is 10.6 Å². The lowest BCUT2D eigenvalue weighted by Crippen LogP contribution is -2.38. The van der Waals surface area contributed by atoms with E-state index in [1.165, 1.54) is 12.1 Å². The highest BCUT2D eigenvalue weighted by atomic mass is 35.5. The first-order valence-corrected chi connectivity index (χ1v) is 11.6. The Bertz CT molecular complexity index is 1130. The Balaban J connectivity index is 1.46. The van der Waals surface area contributed by atoms with Crippen molar-refractivity contribution in [1.29, 1.82) is 0 Å². The third kappa shape index (κ3) is 6.88. The van der Waals surface area contributed by atoms with Gasteiger partial charge < -0.3 is 10.6 Å². The van der Waals surface area contributed by atoms with Gasteiger partial charge in [0.1, 0.15) is 5.82 Å². The van der Waals surface area contributed by atoms with Crippen molar-refractivity contribution in [2.45, 2.75) is 37.8 Å². The van der Waals surface area contributed by atoms with E-state index < -0.39 is 5.82 Å². The summed E-state index contributed by atoms with van der Waals surface area (Å²) in [5.74, 6) is -0.0190. The summed E-state index contributed by atoms with van der Waals surface area (Å²) in [5, 5.41) is 9.91. The molecule has 0 atom stereocenters. The number of carbonyl (C=O) groups is 1. The van der Waals surface area contributed by atoms with Crippen LogP contribution in [0, 0.1) is 5.82 Å². The van der Waals surface area contributed by atoms with Crippen molar-refractivity contribution in [3.63, 3.8) is 0 Å². The molecule has 0 spiro atoms. The van der Waals surface area contributed by atoms with Crippen LogP contribution in [0.25, 0.3) is 0 Å². The third-order valence-corrected chi connectivity index (χ3v) is 5.84. The van der Waals surface area contributed by atoms with Crippen LogP contribution in [0.3, 0.4) is 0 Å². The molecular formula is C24H23Cl2FN6O. The number of guanidine groups is 1. The lowest BCUT2D eigenvalue weighted by Gasteiger charge is -2.27. The number of rotatable bonds is 5. The van der Waals surface area contributed by atoms with Gasteiger partial charge >= 0.3 is 0 Å². The number of amides is 1. The maximum Gasteiger partial charge on any atom is 0.257 e. The molecule has 1 fully saturated rings. The maximum atomic E-state index is 13.8. The predicted octanol–water partition coefficient (Wildman–Crippen LogP) is 5.54. The minimum absolute atomic E-state index is 0.0215. The summed E-state index contributed by atoms with van der Waals surface area (Å²) >= 11 is 11.9. The zero-order valence-corrected chi connectivity index (χ0v) is 19.7. The number of nitrogens with one attached hydrogen (secondary N) is 3. The Hall–Kier alpha value is -3.23. The summed E-state index contributed by atoms with van der Waals surface area (Å²) < 4.78 is 13.8. The van der Waals surface area contributed by atoms with Crippen LogP contribution in [0.1, 0.15) is 36.0 Å². The third-order valence-electron chi connectivity index (χ3n) is 5.37. The highest BCUT2D eigenvalue weighted by Gasteiger charge is 2.22. The topological polar surface area (TPSA) is 91.3 Å². The summed E-state index contributed by atoms with van der Waals surface area (Å²) in [6.07, 6.45) is 6.75. The molecule has 7 nitrogen and oxygen atoms in total. The molecule has 1 aliphatic rings. The van der Waals surface area contributed by atoms with Crippen molar-refractivity contribution >= 4 is 46.7 Å². The molecule has 0 bridgehead atoms.